The molecule has 1 amide bonds. The summed E-state index contributed by atoms with van der Waals surface area (Å²) < 4.78 is 0. The Morgan fingerprint density at radius 1 is 1.33 bits per heavy atom. The summed E-state index contributed by atoms with van der Waals surface area (Å²) in [6.07, 6.45) is 2.87. The zero-order valence-corrected chi connectivity index (χ0v) is 12.7. The third-order valence-electron chi connectivity index (χ3n) is 4.00. The molecule has 0 atom stereocenters. The number of anilines is 1. The molecule has 1 aromatic heterocycles. The molecule has 1 aliphatic rings. The van der Waals surface area contributed by atoms with Crippen LogP contribution in [0.15, 0.2) is 29.6 Å². The minimum Gasteiger partial charge on any atom is -0.380 e. The lowest BCUT2D eigenvalue weighted by Crippen LogP contribution is -2.40. The van der Waals surface area contributed by atoms with Crippen molar-refractivity contribution in [2.45, 2.75) is 38.2 Å². The third-order valence-corrected chi connectivity index (χ3v) is 4.76. The smallest absolute Gasteiger partial charge is 0.258 e. The highest BCUT2D eigenvalue weighted by Gasteiger charge is 2.39. The van der Waals surface area contributed by atoms with Crippen molar-refractivity contribution >= 4 is 22.4 Å². The summed E-state index contributed by atoms with van der Waals surface area (Å²) in [7, 11) is 0. The van der Waals surface area contributed by atoms with Gasteiger partial charge in [0.05, 0.1) is 5.69 Å². The molecule has 2 aromatic rings. The van der Waals surface area contributed by atoms with Crippen molar-refractivity contribution in [2.75, 3.05) is 5.32 Å². The Balaban J connectivity index is 1.77. The molecule has 4 nitrogen and oxygen atoms in total. The van der Waals surface area contributed by atoms with Crippen LogP contribution in [-0.4, -0.2) is 21.6 Å². The van der Waals surface area contributed by atoms with Crippen LogP contribution in [0.3, 0.4) is 0 Å². The van der Waals surface area contributed by atoms with Crippen molar-refractivity contribution in [2.24, 2.45) is 0 Å². The maximum absolute atomic E-state index is 12.2. The number of nitrogens with one attached hydrogen (secondary N) is 1. The maximum atomic E-state index is 12.2. The van der Waals surface area contributed by atoms with E-state index < -0.39 is 5.60 Å². The minimum atomic E-state index is -1.21. The van der Waals surface area contributed by atoms with Gasteiger partial charge in [-0.15, -0.1) is 11.3 Å². The van der Waals surface area contributed by atoms with Gasteiger partial charge in [0.15, 0.2) is 5.13 Å². The van der Waals surface area contributed by atoms with Gasteiger partial charge in [-0.25, -0.2) is 4.98 Å². The quantitative estimate of drug-likeness (QED) is 0.914. The summed E-state index contributed by atoms with van der Waals surface area (Å²) in [4.78, 5) is 16.6. The Morgan fingerprint density at radius 2 is 2.05 bits per heavy atom. The topological polar surface area (TPSA) is 62.2 Å². The normalized spacial score (nSPS) is 16.9. The van der Waals surface area contributed by atoms with Crippen molar-refractivity contribution < 1.29 is 9.90 Å². The highest BCUT2D eigenvalue weighted by Crippen LogP contribution is 2.32. The van der Waals surface area contributed by atoms with E-state index in [1.807, 2.05) is 36.6 Å². The highest BCUT2D eigenvalue weighted by molar-refractivity contribution is 7.14. The molecule has 110 valence electrons. The van der Waals surface area contributed by atoms with E-state index in [9.17, 15) is 9.90 Å². The molecular formula is C16H18N2O2S. The van der Waals surface area contributed by atoms with Gasteiger partial charge in [-0.1, -0.05) is 24.3 Å². The predicted molar refractivity (Wildman–Crippen MR) is 84.3 cm³/mol. The highest BCUT2D eigenvalue weighted by atomic mass is 32.1. The van der Waals surface area contributed by atoms with Crippen molar-refractivity contribution in [1.29, 1.82) is 0 Å². The van der Waals surface area contributed by atoms with E-state index in [0.29, 0.717) is 18.0 Å². The first-order valence-corrected chi connectivity index (χ1v) is 8.02. The number of amides is 1. The number of benzene rings is 1. The summed E-state index contributed by atoms with van der Waals surface area (Å²) in [6, 6.07) is 8.01. The van der Waals surface area contributed by atoms with Crippen molar-refractivity contribution in [1.82, 2.24) is 4.98 Å². The first kappa shape index (κ1) is 14.2. The van der Waals surface area contributed by atoms with Crippen molar-refractivity contribution in [3.63, 3.8) is 0 Å². The Labute approximate surface area is 127 Å². The molecule has 0 spiro atoms. The van der Waals surface area contributed by atoms with E-state index in [-0.39, 0.29) is 5.91 Å². The van der Waals surface area contributed by atoms with Gasteiger partial charge in [0.25, 0.3) is 5.91 Å². The molecule has 2 N–H and O–H groups in total. The largest absolute Gasteiger partial charge is 0.380 e. The molecular weight excluding hydrogens is 284 g/mol. The van der Waals surface area contributed by atoms with Crippen molar-refractivity contribution in [3.8, 4) is 11.3 Å². The molecule has 0 radical (unpaired) electrons. The Bertz CT molecular complexity index is 660. The molecule has 3 rings (SSSR count). The van der Waals surface area contributed by atoms with Crippen molar-refractivity contribution in [3.05, 3.63) is 35.2 Å². The molecule has 0 bridgehead atoms. The lowest BCUT2D eigenvalue weighted by atomic mass is 10.0. The van der Waals surface area contributed by atoms with E-state index in [1.54, 1.807) is 0 Å². The molecule has 0 aliphatic heterocycles. The van der Waals surface area contributed by atoms with Crippen LogP contribution in [0.5, 0.6) is 0 Å². The van der Waals surface area contributed by atoms with Gasteiger partial charge in [-0.2, -0.15) is 0 Å². The molecule has 1 heterocycles. The number of aryl methyl sites for hydroxylation is 1. The number of carbonyl (C=O) groups is 1. The van der Waals surface area contributed by atoms with Crippen LogP contribution in [0.4, 0.5) is 5.13 Å². The second-order valence-electron chi connectivity index (χ2n) is 5.55. The number of aliphatic hydroxyl groups is 1. The molecule has 5 heteroatoms. The van der Waals surface area contributed by atoms with Gasteiger partial charge in [-0.05, 0) is 38.2 Å². The van der Waals surface area contributed by atoms with Gasteiger partial charge in [0.1, 0.15) is 5.60 Å². The first-order valence-electron chi connectivity index (χ1n) is 7.14. The van der Waals surface area contributed by atoms with Gasteiger partial charge in [0.2, 0.25) is 0 Å². The molecule has 1 fully saturated rings. The molecule has 0 saturated heterocycles. The van der Waals surface area contributed by atoms with Crippen LogP contribution in [0, 0.1) is 6.92 Å². The number of hydrogen-bond acceptors (Lipinski definition) is 4. The average molecular weight is 302 g/mol. The lowest BCUT2D eigenvalue weighted by molar-refractivity contribution is -0.133. The number of aromatic nitrogens is 1. The van der Waals surface area contributed by atoms with Crippen LogP contribution in [0.2, 0.25) is 0 Å². The van der Waals surface area contributed by atoms with Gasteiger partial charge in [0, 0.05) is 10.9 Å². The Kier molecular flexibility index (Phi) is 3.78. The Hall–Kier alpha value is -1.72. The monoisotopic (exact) mass is 302 g/mol. The summed E-state index contributed by atoms with van der Waals surface area (Å²) in [6.45, 7) is 2.04. The SMILES string of the molecule is Cc1ccccc1-c1csc(NC(=O)C2(O)CCCC2)n1. The summed E-state index contributed by atoms with van der Waals surface area (Å²) in [5.74, 6) is -0.328. The third kappa shape index (κ3) is 2.84. The second kappa shape index (κ2) is 5.58. The van der Waals surface area contributed by atoms with Crippen LogP contribution in [-0.2, 0) is 4.79 Å². The van der Waals surface area contributed by atoms with Gasteiger partial charge < -0.3 is 5.11 Å². The number of carbonyl (C=O) groups excluding carboxylic acids is 1. The van der Waals surface area contributed by atoms with E-state index in [4.69, 9.17) is 0 Å². The molecule has 0 unspecified atom stereocenters. The maximum Gasteiger partial charge on any atom is 0.258 e. The molecule has 1 aliphatic carbocycles. The van der Waals surface area contributed by atoms with Crippen LogP contribution < -0.4 is 5.32 Å². The fraction of sp³-hybridized carbons (Fsp3) is 0.375. The lowest BCUT2D eigenvalue weighted by Gasteiger charge is -2.19. The summed E-state index contributed by atoms with van der Waals surface area (Å²) in [5.41, 5.74) is 1.85. The van der Waals surface area contributed by atoms with E-state index >= 15 is 0 Å². The van der Waals surface area contributed by atoms with Crippen LogP contribution in [0.25, 0.3) is 11.3 Å². The molecule has 21 heavy (non-hydrogen) atoms. The number of thiazole rings is 1. The number of nitrogens with zero attached hydrogens (tertiary/aromatic N) is 1. The second-order valence-corrected chi connectivity index (χ2v) is 6.40. The fourth-order valence-electron chi connectivity index (χ4n) is 2.72. The number of hydrogen-bond donors (Lipinski definition) is 2. The van der Waals surface area contributed by atoms with Gasteiger partial charge >= 0.3 is 0 Å². The van der Waals surface area contributed by atoms with Crippen LogP contribution >= 0.6 is 11.3 Å². The van der Waals surface area contributed by atoms with Gasteiger partial charge in [-0.3, -0.25) is 10.1 Å². The predicted octanol–water partition coefficient (Wildman–Crippen LogP) is 3.36. The van der Waals surface area contributed by atoms with E-state index in [0.717, 1.165) is 29.7 Å². The summed E-state index contributed by atoms with van der Waals surface area (Å²) in [5, 5.41) is 15.5. The first-order chi connectivity index (χ1) is 10.1. The fourth-order valence-corrected chi connectivity index (χ4v) is 3.42. The zero-order chi connectivity index (χ0) is 14.9. The molecule has 1 aromatic carbocycles. The number of rotatable bonds is 3. The average Bonchev–Trinajstić information content (AvgIpc) is 3.09. The molecule has 1 saturated carbocycles. The zero-order valence-electron chi connectivity index (χ0n) is 11.9. The Morgan fingerprint density at radius 3 is 2.76 bits per heavy atom. The standard InChI is InChI=1S/C16H18N2O2S/c1-11-6-2-3-7-12(11)13-10-21-15(17-13)18-14(19)16(20)8-4-5-9-16/h2-3,6-7,10,20H,4-5,8-9H2,1H3,(H,17,18,19). The van der Waals surface area contributed by atoms with E-state index in [2.05, 4.69) is 10.3 Å². The van der Waals surface area contributed by atoms with Crippen LogP contribution in [0.1, 0.15) is 31.2 Å². The summed E-state index contributed by atoms with van der Waals surface area (Å²) >= 11 is 1.38. The van der Waals surface area contributed by atoms with E-state index in [1.165, 1.54) is 11.3 Å². The minimum absolute atomic E-state index is 0.328.